The molecule has 1 saturated heterocycles. The van der Waals surface area contributed by atoms with Gasteiger partial charge < -0.3 is 14.6 Å². The van der Waals surface area contributed by atoms with Gasteiger partial charge in [-0.3, -0.25) is 14.5 Å². The van der Waals surface area contributed by atoms with Gasteiger partial charge in [0.05, 0.1) is 30.4 Å². The molecule has 1 atom stereocenters. The van der Waals surface area contributed by atoms with Crippen LogP contribution in [0.2, 0.25) is 0 Å². The maximum absolute atomic E-state index is 13.2. The van der Waals surface area contributed by atoms with Crippen LogP contribution in [0.4, 0.5) is 5.69 Å². The van der Waals surface area contributed by atoms with Crippen molar-refractivity contribution in [2.24, 2.45) is 0 Å². The van der Waals surface area contributed by atoms with Crippen LogP contribution < -0.4 is 9.64 Å². The number of Topliss-reactive ketones (excluding diaryl/α,β-unsaturated/α-hetero) is 1. The van der Waals surface area contributed by atoms with E-state index in [0.717, 1.165) is 0 Å². The smallest absolute Gasteiger partial charge is 0.338 e. The van der Waals surface area contributed by atoms with Crippen molar-refractivity contribution in [2.45, 2.75) is 26.0 Å². The van der Waals surface area contributed by atoms with Gasteiger partial charge >= 0.3 is 5.97 Å². The SMILES string of the molecule is COc1ccc(/C(O)=C2\C(=O)C(=O)N(c3ccc(C(=O)OC(C)C)cc3)C2c2ccccc2)cc1. The van der Waals surface area contributed by atoms with E-state index >= 15 is 0 Å². The summed E-state index contributed by atoms with van der Waals surface area (Å²) in [5.74, 6) is -1.73. The summed E-state index contributed by atoms with van der Waals surface area (Å²) >= 11 is 0. The Kier molecular flexibility index (Phi) is 6.68. The van der Waals surface area contributed by atoms with Crippen LogP contribution in [0.1, 0.15) is 41.4 Å². The highest BCUT2D eigenvalue weighted by Gasteiger charge is 2.46. The molecule has 1 unspecified atom stereocenters. The quantitative estimate of drug-likeness (QED) is 0.238. The molecular formula is C28H25NO6. The van der Waals surface area contributed by atoms with E-state index in [1.165, 1.54) is 12.0 Å². The Bertz CT molecular complexity index is 1280. The largest absolute Gasteiger partial charge is 0.507 e. The number of nitrogens with zero attached hydrogens (tertiary/aromatic N) is 1. The molecule has 0 bridgehead atoms. The predicted molar refractivity (Wildman–Crippen MR) is 131 cm³/mol. The Labute approximate surface area is 203 Å². The lowest BCUT2D eigenvalue weighted by Gasteiger charge is -2.25. The van der Waals surface area contributed by atoms with Gasteiger partial charge in [0.2, 0.25) is 0 Å². The molecular weight excluding hydrogens is 446 g/mol. The summed E-state index contributed by atoms with van der Waals surface area (Å²) in [4.78, 5) is 40.0. The van der Waals surface area contributed by atoms with E-state index in [1.807, 2.05) is 6.07 Å². The van der Waals surface area contributed by atoms with Crippen molar-refractivity contribution in [3.8, 4) is 5.75 Å². The minimum atomic E-state index is -0.855. The van der Waals surface area contributed by atoms with Crippen molar-refractivity contribution in [3.05, 3.63) is 101 Å². The highest BCUT2D eigenvalue weighted by atomic mass is 16.5. The first-order valence-corrected chi connectivity index (χ1v) is 11.1. The Morgan fingerprint density at radius 3 is 2.06 bits per heavy atom. The average molecular weight is 472 g/mol. The second-order valence-electron chi connectivity index (χ2n) is 8.31. The third kappa shape index (κ3) is 4.66. The van der Waals surface area contributed by atoms with Crippen LogP contribution in [0.3, 0.4) is 0 Å². The van der Waals surface area contributed by atoms with E-state index in [0.29, 0.717) is 28.1 Å². The molecule has 1 heterocycles. The van der Waals surface area contributed by atoms with E-state index in [9.17, 15) is 19.5 Å². The zero-order valence-electron chi connectivity index (χ0n) is 19.6. The first-order chi connectivity index (χ1) is 16.8. The number of esters is 1. The molecule has 1 aliphatic heterocycles. The highest BCUT2D eigenvalue weighted by Crippen LogP contribution is 2.42. The van der Waals surface area contributed by atoms with Crippen LogP contribution in [-0.2, 0) is 14.3 Å². The molecule has 3 aromatic carbocycles. The lowest BCUT2D eigenvalue weighted by molar-refractivity contribution is -0.132. The molecule has 1 aliphatic rings. The minimum absolute atomic E-state index is 0.0188. The Morgan fingerprint density at radius 2 is 1.49 bits per heavy atom. The summed E-state index contributed by atoms with van der Waals surface area (Å²) in [6.07, 6.45) is -0.268. The number of rotatable bonds is 6. The van der Waals surface area contributed by atoms with Crippen molar-refractivity contribution in [2.75, 3.05) is 12.0 Å². The number of carbonyl (C=O) groups is 3. The Morgan fingerprint density at radius 1 is 0.886 bits per heavy atom. The van der Waals surface area contributed by atoms with Gasteiger partial charge in [-0.25, -0.2) is 4.79 Å². The van der Waals surface area contributed by atoms with Crippen molar-refractivity contribution in [1.29, 1.82) is 0 Å². The van der Waals surface area contributed by atoms with E-state index in [2.05, 4.69) is 0 Å². The molecule has 1 amide bonds. The predicted octanol–water partition coefficient (Wildman–Crippen LogP) is 4.89. The lowest BCUT2D eigenvalue weighted by Crippen LogP contribution is -2.29. The number of hydrogen-bond donors (Lipinski definition) is 1. The van der Waals surface area contributed by atoms with E-state index in [4.69, 9.17) is 9.47 Å². The van der Waals surface area contributed by atoms with Crippen LogP contribution >= 0.6 is 0 Å². The maximum atomic E-state index is 13.2. The molecule has 3 aromatic rings. The zero-order valence-corrected chi connectivity index (χ0v) is 19.6. The summed E-state index contributed by atoms with van der Waals surface area (Å²) in [5.41, 5.74) is 1.76. The van der Waals surface area contributed by atoms with Gasteiger partial charge in [0, 0.05) is 11.3 Å². The topological polar surface area (TPSA) is 93.1 Å². The molecule has 7 nitrogen and oxygen atoms in total. The highest BCUT2D eigenvalue weighted by molar-refractivity contribution is 6.51. The van der Waals surface area contributed by atoms with Crippen LogP contribution in [-0.4, -0.2) is 36.0 Å². The third-order valence-electron chi connectivity index (χ3n) is 5.65. The Balaban J connectivity index is 1.81. The average Bonchev–Trinajstić information content (AvgIpc) is 3.14. The molecule has 1 fully saturated rings. The van der Waals surface area contributed by atoms with Crippen LogP contribution in [0.5, 0.6) is 5.75 Å². The summed E-state index contributed by atoms with van der Waals surface area (Å²) < 4.78 is 10.4. The summed E-state index contributed by atoms with van der Waals surface area (Å²) in [7, 11) is 1.53. The number of benzene rings is 3. The van der Waals surface area contributed by atoms with E-state index in [1.54, 1.807) is 86.6 Å². The van der Waals surface area contributed by atoms with Gasteiger partial charge in [-0.2, -0.15) is 0 Å². The summed E-state index contributed by atoms with van der Waals surface area (Å²) in [6, 6.07) is 21.0. The van der Waals surface area contributed by atoms with Gasteiger partial charge in [0.15, 0.2) is 0 Å². The number of ether oxygens (including phenoxy) is 2. The molecule has 0 aliphatic carbocycles. The number of hydrogen-bond acceptors (Lipinski definition) is 6. The monoisotopic (exact) mass is 471 g/mol. The number of amides is 1. The van der Waals surface area contributed by atoms with Crippen LogP contribution in [0.25, 0.3) is 5.76 Å². The summed E-state index contributed by atoms with van der Waals surface area (Å²) in [6.45, 7) is 3.52. The standard InChI is InChI=1S/C28H25NO6/c1-17(2)35-28(33)20-9-13-21(14-10-20)29-24(18-7-5-4-6-8-18)23(26(31)27(29)32)25(30)19-11-15-22(34-3)16-12-19/h4-17,24,30H,1-3H3/b25-23+. The molecule has 0 saturated carbocycles. The lowest BCUT2D eigenvalue weighted by atomic mass is 9.95. The number of anilines is 1. The van der Waals surface area contributed by atoms with E-state index < -0.39 is 23.7 Å². The second kappa shape index (κ2) is 9.85. The van der Waals surface area contributed by atoms with Gasteiger partial charge in [-0.05, 0) is 67.9 Å². The zero-order chi connectivity index (χ0) is 25.1. The van der Waals surface area contributed by atoms with Crippen LogP contribution in [0, 0.1) is 0 Å². The van der Waals surface area contributed by atoms with Gasteiger partial charge in [-0.1, -0.05) is 30.3 Å². The van der Waals surface area contributed by atoms with Crippen LogP contribution in [0.15, 0.2) is 84.4 Å². The van der Waals surface area contributed by atoms with Crippen molar-refractivity contribution >= 4 is 29.1 Å². The molecule has 0 radical (unpaired) electrons. The Hall–Kier alpha value is -4.39. The fourth-order valence-electron chi connectivity index (χ4n) is 3.99. The van der Waals surface area contributed by atoms with Gasteiger partial charge in [-0.15, -0.1) is 0 Å². The maximum Gasteiger partial charge on any atom is 0.338 e. The first-order valence-electron chi connectivity index (χ1n) is 11.1. The molecule has 0 aromatic heterocycles. The van der Waals surface area contributed by atoms with Crippen molar-refractivity contribution in [1.82, 2.24) is 0 Å². The number of aliphatic hydroxyl groups excluding tert-OH is 1. The van der Waals surface area contributed by atoms with Crippen molar-refractivity contribution in [3.63, 3.8) is 0 Å². The third-order valence-corrected chi connectivity index (χ3v) is 5.65. The van der Waals surface area contributed by atoms with Gasteiger partial charge in [0.1, 0.15) is 11.5 Å². The molecule has 0 spiro atoms. The van der Waals surface area contributed by atoms with Crippen molar-refractivity contribution < 1.29 is 29.0 Å². The molecule has 7 heteroatoms. The molecule has 178 valence electrons. The summed E-state index contributed by atoms with van der Waals surface area (Å²) in [5, 5.41) is 11.1. The minimum Gasteiger partial charge on any atom is -0.507 e. The normalized spacial score (nSPS) is 17.0. The fraction of sp³-hybridized carbons (Fsp3) is 0.179. The number of carbonyl (C=O) groups excluding carboxylic acids is 3. The number of aliphatic hydroxyl groups is 1. The first kappa shape index (κ1) is 23.8. The number of methoxy groups -OCH3 is 1. The number of ketones is 1. The molecule has 35 heavy (non-hydrogen) atoms. The fourth-order valence-corrected chi connectivity index (χ4v) is 3.99. The molecule has 4 rings (SSSR count). The van der Waals surface area contributed by atoms with Gasteiger partial charge in [0.25, 0.3) is 11.7 Å². The second-order valence-corrected chi connectivity index (χ2v) is 8.31. The molecule has 1 N–H and O–H groups in total. The van der Waals surface area contributed by atoms with E-state index in [-0.39, 0.29) is 17.4 Å².